The van der Waals surface area contributed by atoms with Crippen molar-refractivity contribution in [3.05, 3.63) is 60.3 Å². The zero-order valence-electron chi connectivity index (χ0n) is 17.9. The Kier molecular flexibility index (Phi) is 5.69. The maximum Gasteiger partial charge on any atom is 0.335 e. The van der Waals surface area contributed by atoms with Crippen LogP contribution in [0.1, 0.15) is 32.4 Å². The van der Waals surface area contributed by atoms with Gasteiger partial charge in [0.05, 0.1) is 31.2 Å². The number of aliphatic carboxylic acids is 1. The minimum atomic E-state index is -1.31. The van der Waals surface area contributed by atoms with E-state index in [-0.39, 0.29) is 6.61 Å². The van der Waals surface area contributed by atoms with E-state index in [0.717, 1.165) is 35.5 Å². The highest BCUT2D eigenvalue weighted by Gasteiger charge is 2.29. The quantitative estimate of drug-likeness (QED) is 0.548. The van der Waals surface area contributed by atoms with Crippen molar-refractivity contribution in [1.29, 1.82) is 0 Å². The summed E-state index contributed by atoms with van der Waals surface area (Å²) >= 11 is 0. The van der Waals surface area contributed by atoms with Crippen molar-refractivity contribution in [3.63, 3.8) is 0 Å². The van der Waals surface area contributed by atoms with Crippen molar-refractivity contribution >= 4 is 5.97 Å². The van der Waals surface area contributed by atoms with E-state index in [0.29, 0.717) is 17.5 Å². The Labute approximate surface area is 181 Å². The predicted octanol–water partition coefficient (Wildman–Crippen LogP) is 4.47. The van der Waals surface area contributed by atoms with Crippen LogP contribution in [0.3, 0.4) is 0 Å². The van der Waals surface area contributed by atoms with Gasteiger partial charge in [0.1, 0.15) is 17.2 Å². The Hall–Kier alpha value is -3.32. The Morgan fingerprint density at radius 2 is 1.94 bits per heavy atom. The number of benzene rings is 2. The van der Waals surface area contributed by atoms with Gasteiger partial charge in [-0.15, -0.1) is 0 Å². The SMILES string of the molecule is COc1ccccc1-n1nc(COC(C)(C)C(=O)O)cc1-c1cccc(OC2CC2)c1. The first kappa shape index (κ1) is 20.9. The van der Waals surface area contributed by atoms with Crippen LogP contribution in [0, 0.1) is 0 Å². The molecule has 4 rings (SSSR count). The predicted molar refractivity (Wildman–Crippen MR) is 116 cm³/mol. The highest BCUT2D eigenvalue weighted by molar-refractivity contribution is 5.76. The molecule has 0 spiro atoms. The summed E-state index contributed by atoms with van der Waals surface area (Å²) in [6.45, 7) is 3.10. The number of carboxylic acid groups (broad SMARTS) is 1. The first-order chi connectivity index (χ1) is 14.9. The third-order valence-corrected chi connectivity index (χ3v) is 5.13. The highest BCUT2D eigenvalue weighted by Crippen LogP contribution is 2.33. The molecule has 0 bridgehead atoms. The molecule has 0 radical (unpaired) electrons. The molecular weight excluding hydrogens is 396 g/mol. The summed E-state index contributed by atoms with van der Waals surface area (Å²) in [7, 11) is 1.62. The number of hydrogen-bond acceptors (Lipinski definition) is 5. The van der Waals surface area contributed by atoms with E-state index >= 15 is 0 Å². The number of ether oxygens (including phenoxy) is 3. The van der Waals surface area contributed by atoms with Gasteiger partial charge in [-0.25, -0.2) is 9.48 Å². The molecule has 1 fully saturated rings. The van der Waals surface area contributed by atoms with Gasteiger partial charge in [-0.2, -0.15) is 5.10 Å². The average molecular weight is 422 g/mol. The fourth-order valence-corrected chi connectivity index (χ4v) is 3.12. The molecule has 1 heterocycles. The number of nitrogens with zero attached hydrogens (tertiary/aromatic N) is 2. The topological polar surface area (TPSA) is 82.8 Å². The zero-order valence-corrected chi connectivity index (χ0v) is 17.9. The van der Waals surface area contributed by atoms with Crippen molar-refractivity contribution in [2.24, 2.45) is 0 Å². The zero-order chi connectivity index (χ0) is 22.0. The summed E-state index contributed by atoms with van der Waals surface area (Å²) in [6, 6.07) is 17.4. The fourth-order valence-electron chi connectivity index (χ4n) is 3.12. The lowest BCUT2D eigenvalue weighted by atomic mass is 10.1. The van der Waals surface area contributed by atoms with Gasteiger partial charge in [0.15, 0.2) is 5.60 Å². The lowest BCUT2D eigenvalue weighted by molar-refractivity contribution is -0.162. The van der Waals surface area contributed by atoms with E-state index in [1.54, 1.807) is 11.8 Å². The van der Waals surface area contributed by atoms with Crippen molar-refractivity contribution in [3.8, 4) is 28.4 Å². The molecule has 1 saturated carbocycles. The minimum absolute atomic E-state index is 0.0622. The second-order valence-corrected chi connectivity index (χ2v) is 8.05. The van der Waals surface area contributed by atoms with Crippen LogP contribution in [-0.4, -0.2) is 39.7 Å². The molecule has 162 valence electrons. The van der Waals surface area contributed by atoms with Gasteiger partial charge in [-0.05, 0) is 57.0 Å². The Morgan fingerprint density at radius 1 is 1.16 bits per heavy atom. The van der Waals surface area contributed by atoms with Gasteiger partial charge >= 0.3 is 5.97 Å². The molecule has 0 unspecified atom stereocenters. The fraction of sp³-hybridized carbons (Fsp3) is 0.333. The van der Waals surface area contributed by atoms with E-state index in [1.165, 1.54) is 13.8 Å². The molecule has 31 heavy (non-hydrogen) atoms. The van der Waals surface area contributed by atoms with Crippen molar-refractivity contribution in [1.82, 2.24) is 9.78 Å². The van der Waals surface area contributed by atoms with Crippen molar-refractivity contribution in [2.45, 2.75) is 45.0 Å². The lowest BCUT2D eigenvalue weighted by Gasteiger charge is -2.19. The number of para-hydroxylation sites is 2. The van der Waals surface area contributed by atoms with Crippen LogP contribution < -0.4 is 9.47 Å². The molecule has 0 amide bonds. The van der Waals surface area contributed by atoms with Gasteiger partial charge in [-0.1, -0.05) is 24.3 Å². The normalized spacial score (nSPS) is 13.8. The number of aromatic nitrogens is 2. The molecule has 7 nitrogen and oxygen atoms in total. The van der Waals surface area contributed by atoms with Crippen LogP contribution in [0.4, 0.5) is 0 Å². The molecule has 0 aliphatic heterocycles. The van der Waals surface area contributed by atoms with Crippen LogP contribution in [0.5, 0.6) is 11.5 Å². The molecule has 1 aliphatic carbocycles. The average Bonchev–Trinajstić information content (AvgIpc) is 3.47. The Balaban J connectivity index is 1.73. The minimum Gasteiger partial charge on any atom is -0.494 e. The van der Waals surface area contributed by atoms with Crippen LogP contribution in [-0.2, 0) is 16.1 Å². The summed E-state index contributed by atoms with van der Waals surface area (Å²) < 4.78 is 18.9. The molecule has 3 aromatic rings. The summed E-state index contributed by atoms with van der Waals surface area (Å²) in [5.74, 6) is 0.468. The largest absolute Gasteiger partial charge is 0.494 e. The van der Waals surface area contributed by atoms with Crippen LogP contribution >= 0.6 is 0 Å². The molecule has 0 saturated heterocycles. The molecular formula is C24H26N2O5. The second-order valence-electron chi connectivity index (χ2n) is 8.05. The lowest BCUT2D eigenvalue weighted by Crippen LogP contribution is -2.34. The van der Waals surface area contributed by atoms with Crippen LogP contribution in [0.15, 0.2) is 54.6 Å². The maximum atomic E-state index is 11.4. The first-order valence-electron chi connectivity index (χ1n) is 10.2. The van der Waals surface area contributed by atoms with Crippen molar-refractivity contribution < 1.29 is 24.1 Å². The molecule has 1 aliphatic rings. The number of carbonyl (C=O) groups is 1. The van der Waals surface area contributed by atoms with Crippen molar-refractivity contribution in [2.75, 3.05) is 7.11 Å². The van der Waals surface area contributed by atoms with Crippen LogP contribution in [0.25, 0.3) is 16.9 Å². The van der Waals surface area contributed by atoms with Crippen LogP contribution in [0.2, 0.25) is 0 Å². The molecule has 1 N–H and O–H groups in total. The smallest absolute Gasteiger partial charge is 0.335 e. The highest BCUT2D eigenvalue weighted by atomic mass is 16.5. The van der Waals surface area contributed by atoms with Gasteiger partial charge in [0.25, 0.3) is 0 Å². The van der Waals surface area contributed by atoms with Gasteiger partial charge in [-0.3, -0.25) is 0 Å². The van der Waals surface area contributed by atoms with E-state index in [4.69, 9.17) is 19.3 Å². The van der Waals surface area contributed by atoms with E-state index in [2.05, 4.69) is 0 Å². The van der Waals surface area contributed by atoms with E-state index in [9.17, 15) is 9.90 Å². The van der Waals surface area contributed by atoms with E-state index in [1.807, 2.05) is 54.6 Å². The van der Waals surface area contributed by atoms with E-state index < -0.39 is 11.6 Å². The number of rotatable bonds is 9. The third-order valence-electron chi connectivity index (χ3n) is 5.13. The number of methoxy groups -OCH3 is 1. The molecule has 2 aromatic carbocycles. The van der Waals surface area contributed by atoms with Gasteiger partial charge in [0, 0.05) is 5.56 Å². The number of carboxylic acids is 1. The molecule has 1 aromatic heterocycles. The number of hydrogen-bond donors (Lipinski definition) is 1. The Bertz CT molecular complexity index is 1090. The standard InChI is InChI=1S/C24H26N2O5/c1-24(2,23(27)28)30-15-17-14-21(16-7-6-8-19(13-16)31-18-11-12-18)26(25-17)20-9-4-5-10-22(20)29-3/h4-10,13-14,18H,11-12,15H2,1-3H3,(H,27,28). The summed E-state index contributed by atoms with van der Waals surface area (Å²) in [4.78, 5) is 11.4. The maximum absolute atomic E-state index is 11.4. The summed E-state index contributed by atoms with van der Waals surface area (Å²) in [5.41, 5.74) is 1.84. The van der Waals surface area contributed by atoms with Gasteiger partial charge < -0.3 is 19.3 Å². The first-order valence-corrected chi connectivity index (χ1v) is 10.2. The summed E-state index contributed by atoms with van der Waals surface area (Å²) in [6.07, 6.45) is 2.48. The third kappa shape index (κ3) is 4.72. The van der Waals surface area contributed by atoms with Gasteiger partial charge in [0.2, 0.25) is 0 Å². The molecule has 7 heteroatoms. The Morgan fingerprint density at radius 3 is 2.65 bits per heavy atom. The molecule has 0 atom stereocenters. The summed E-state index contributed by atoms with van der Waals surface area (Å²) in [5, 5.41) is 14.0. The second kappa shape index (κ2) is 8.43. The monoisotopic (exact) mass is 422 g/mol.